The van der Waals surface area contributed by atoms with E-state index in [0.717, 1.165) is 28.7 Å². The lowest BCUT2D eigenvalue weighted by molar-refractivity contribution is 0.285. The molecule has 0 amide bonds. The summed E-state index contributed by atoms with van der Waals surface area (Å²) in [5, 5.41) is 14.0. The minimum atomic E-state index is 0.667. The number of aromatic nitrogens is 3. The third-order valence-corrected chi connectivity index (χ3v) is 5.45. The van der Waals surface area contributed by atoms with Gasteiger partial charge in [0.2, 0.25) is 5.16 Å². The zero-order valence-corrected chi connectivity index (χ0v) is 19.3. The molecule has 1 heterocycles. The Hall–Kier alpha value is -2.80. The minimum absolute atomic E-state index is 0.667. The van der Waals surface area contributed by atoms with Gasteiger partial charge in [-0.2, -0.15) is 9.78 Å². The fraction of sp³-hybridized carbons (Fsp3) is 0.375. The number of hydrogen-bond acceptors (Lipinski definition) is 6. The molecule has 6 nitrogen and oxygen atoms in total. The molecule has 0 N–H and O–H groups in total. The number of nitrogens with zero attached hydrogens (tertiary/aromatic N) is 4. The standard InChI is InChI=1S/C24H30N4O2S/c1-4-5-6-10-15-30-21-14-13-20(16-22(21)29-2)18-25-28-23(26-27-24(28)31-3)17-19-11-8-7-9-12-19/h7-9,11-14,16,18H,4-6,10,15,17H2,1-3H3/b25-18-. The summed E-state index contributed by atoms with van der Waals surface area (Å²) in [6, 6.07) is 16.1. The topological polar surface area (TPSA) is 61.5 Å². The van der Waals surface area contributed by atoms with Crippen LogP contribution in [0.25, 0.3) is 0 Å². The van der Waals surface area contributed by atoms with Crippen LogP contribution in [-0.2, 0) is 6.42 Å². The average molecular weight is 439 g/mol. The highest BCUT2D eigenvalue weighted by molar-refractivity contribution is 7.98. The third kappa shape index (κ3) is 6.59. The summed E-state index contributed by atoms with van der Waals surface area (Å²) >= 11 is 1.52. The molecular weight excluding hydrogens is 408 g/mol. The van der Waals surface area contributed by atoms with Gasteiger partial charge in [0.1, 0.15) is 0 Å². The molecule has 2 aromatic carbocycles. The molecule has 31 heavy (non-hydrogen) atoms. The Morgan fingerprint density at radius 2 is 1.87 bits per heavy atom. The van der Waals surface area contributed by atoms with Gasteiger partial charge in [-0.05, 0) is 42.0 Å². The van der Waals surface area contributed by atoms with E-state index >= 15 is 0 Å². The maximum Gasteiger partial charge on any atom is 0.211 e. The van der Waals surface area contributed by atoms with Gasteiger partial charge in [0.25, 0.3) is 0 Å². The van der Waals surface area contributed by atoms with Crippen molar-refractivity contribution in [2.45, 2.75) is 44.2 Å². The molecule has 7 heteroatoms. The Kier molecular flexibility index (Phi) is 8.97. The van der Waals surface area contributed by atoms with E-state index in [2.05, 4.69) is 34.4 Å². The van der Waals surface area contributed by atoms with E-state index < -0.39 is 0 Å². The SMILES string of the molecule is CCCCCCOc1ccc(/C=N\n2c(Cc3ccccc3)nnc2SC)cc1OC. The molecule has 1 aromatic heterocycles. The number of ether oxygens (including phenoxy) is 2. The lowest BCUT2D eigenvalue weighted by Gasteiger charge is -2.11. The van der Waals surface area contributed by atoms with Crippen molar-refractivity contribution in [1.29, 1.82) is 0 Å². The molecule has 0 fully saturated rings. The lowest BCUT2D eigenvalue weighted by atomic mass is 10.1. The summed E-state index contributed by atoms with van der Waals surface area (Å²) in [5.41, 5.74) is 2.09. The van der Waals surface area contributed by atoms with Gasteiger partial charge < -0.3 is 9.47 Å². The van der Waals surface area contributed by atoms with Gasteiger partial charge in [-0.1, -0.05) is 68.3 Å². The van der Waals surface area contributed by atoms with Crippen molar-refractivity contribution < 1.29 is 9.47 Å². The van der Waals surface area contributed by atoms with Gasteiger partial charge in [-0.3, -0.25) is 0 Å². The van der Waals surface area contributed by atoms with Crippen LogP contribution in [0.1, 0.15) is 49.6 Å². The minimum Gasteiger partial charge on any atom is -0.493 e. The predicted molar refractivity (Wildman–Crippen MR) is 127 cm³/mol. The summed E-state index contributed by atoms with van der Waals surface area (Å²) < 4.78 is 13.2. The zero-order chi connectivity index (χ0) is 21.9. The first kappa shape index (κ1) is 22.9. The molecule has 164 valence electrons. The maximum absolute atomic E-state index is 5.90. The zero-order valence-electron chi connectivity index (χ0n) is 18.5. The molecule has 0 saturated heterocycles. The van der Waals surface area contributed by atoms with E-state index in [0.29, 0.717) is 18.8 Å². The Labute approximate surface area is 188 Å². The van der Waals surface area contributed by atoms with Gasteiger partial charge in [0.05, 0.1) is 19.9 Å². The van der Waals surface area contributed by atoms with E-state index in [9.17, 15) is 0 Å². The van der Waals surface area contributed by atoms with Crippen LogP contribution in [0, 0.1) is 0 Å². The van der Waals surface area contributed by atoms with E-state index in [1.165, 1.54) is 36.6 Å². The van der Waals surface area contributed by atoms with Crippen LogP contribution in [0.15, 0.2) is 58.8 Å². The molecule has 0 bridgehead atoms. The van der Waals surface area contributed by atoms with Crippen molar-refractivity contribution in [2.24, 2.45) is 5.10 Å². The molecule has 0 aliphatic carbocycles. The van der Waals surface area contributed by atoms with E-state index in [1.807, 2.05) is 42.7 Å². The van der Waals surface area contributed by atoms with E-state index in [-0.39, 0.29) is 0 Å². The molecule has 3 aromatic rings. The van der Waals surface area contributed by atoms with Gasteiger partial charge in [0.15, 0.2) is 17.3 Å². The van der Waals surface area contributed by atoms with Crippen molar-refractivity contribution >= 4 is 18.0 Å². The highest BCUT2D eigenvalue weighted by Gasteiger charge is 2.11. The number of rotatable bonds is 12. The largest absolute Gasteiger partial charge is 0.493 e. The fourth-order valence-corrected chi connectivity index (χ4v) is 3.59. The fourth-order valence-electron chi connectivity index (χ4n) is 3.15. The van der Waals surface area contributed by atoms with Gasteiger partial charge >= 0.3 is 0 Å². The predicted octanol–water partition coefficient (Wildman–Crippen LogP) is 5.44. The molecule has 3 rings (SSSR count). The first-order chi connectivity index (χ1) is 15.2. The summed E-state index contributed by atoms with van der Waals surface area (Å²) in [5.74, 6) is 2.26. The summed E-state index contributed by atoms with van der Waals surface area (Å²) in [6.45, 7) is 2.90. The molecule has 0 aliphatic rings. The first-order valence-corrected chi connectivity index (χ1v) is 11.8. The van der Waals surface area contributed by atoms with E-state index in [4.69, 9.17) is 9.47 Å². The Balaban J connectivity index is 1.73. The summed E-state index contributed by atoms with van der Waals surface area (Å²) in [7, 11) is 1.66. The van der Waals surface area contributed by atoms with Gasteiger partial charge in [-0.25, -0.2) is 0 Å². The van der Waals surface area contributed by atoms with E-state index in [1.54, 1.807) is 18.0 Å². The molecule has 0 radical (unpaired) electrons. The van der Waals surface area contributed by atoms with Gasteiger partial charge in [-0.15, -0.1) is 10.2 Å². The van der Waals surface area contributed by atoms with Crippen LogP contribution in [0.4, 0.5) is 0 Å². The second-order valence-electron chi connectivity index (χ2n) is 7.14. The average Bonchev–Trinajstić information content (AvgIpc) is 3.20. The summed E-state index contributed by atoms with van der Waals surface area (Å²) in [4.78, 5) is 0. The van der Waals surface area contributed by atoms with Gasteiger partial charge in [0, 0.05) is 6.42 Å². The Bertz CT molecular complexity index is 973. The number of thioether (sulfide) groups is 1. The van der Waals surface area contributed by atoms with Crippen molar-refractivity contribution in [2.75, 3.05) is 20.0 Å². The smallest absolute Gasteiger partial charge is 0.211 e. The monoisotopic (exact) mass is 438 g/mol. The molecule has 0 aliphatic heterocycles. The van der Waals surface area contributed by atoms with Crippen molar-refractivity contribution in [3.05, 3.63) is 65.5 Å². The normalized spacial score (nSPS) is 11.2. The van der Waals surface area contributed by atoms with Crippen molar-refractivity contribution in [3.63, 3.8) is 0 Å². The highest BCUT2D eigenvalue weighted by atomic mass is 32.2. The first-order valence-electron chi connectivity index (χ1n) is 10.6. The van der Waals surface area contributed by atoms with Crippen LogP contribution in [-0.4, -0.2) is 41.1 Å². The Morgan fingerprint density at radius 3 is 2.61 bits per heavy atom. The second-order valence-corrected chi connectivity index (χ2v) is 7.91. The molecule has 0 unspecified atom stereocenters. The van der Waals surface area contributed by atoms with Crippen LogP contribution < -0.4 is 9.47 Å². The second kappa shape index (κ2) is 12.2. The molecule has 0 atom stereocenters. The highest BCUT2D eigenvalue weighted by Crippen LogP contribution is 2.28. The number of benzene rings is 2. The Morgan fingerprint density at radius 1 is 1.03 bits per heavy atom. The van der Waals surface area contributed by atoms with Crippen LogP contribution in [0.3, 0.4) is 0 Å². The quantitative estimate of drug-likeness (QED) is 0.214. The number of methoxy groups -OCH3 is 1. The van der Waals surface area contributed by atoms with Crippen molar-refractivity contribution in [1.82, 2.24) is 14.9 Å². The molecular formula is C24H30N4O2S. The summed E-state index contributed by atoms with van der Waals surface area (Å²) in [6.07, 6.45) is 9.13. The maximum atomic E-state index is 5.90. The lowest BCUT2D eigenvalue weighted by Crippen LogP contribution is -2.02. The number of hydrogen-bond donors (Lipinski definition) is 0. The van der Waals surface area contributed by atoms with Crippen molar-refractivity contribution in [3.8, 4) is 11.5 Å². The van der Waals surface area contributed by atoms with Crippen LogP contribution in [0.5, 0.6) is 11.5 Å². The molecule has 0 spiro atoms. The number of unbranched alkanes of at least 4 members (excludes halogenated alkanes) is 3. The van der Waals surface area contributed by atoms with Crippen LogP contribution in [0.2, 0.25) is 0 Å². The molecule has 0 saturated carbocycles. The van der Waals surface area contributed by atoms with Crippen LogP contribution >= 0.6 is 11.8 Å². The third-order valence-electron chi connectivity index (χ3n) is 4.83.